The largest absolute Gasteiger partial charge is 0.490 e. The van der Waals surface area contributed by atoms with Crippen LogP contribution in [0, 0.1) is 0 Å². The van der Waals surface area contributed by atoms with Gasteiger partial charge in [-0.25, -0.2) is 4.79 Å². The van der Waals surface area contributed by atoms with Crippen molar-refractivity contribution >= 4 is 12.4 Å². The molecule has 1 heterocycles. The average molecular weight is 293 g/mol. The molecule has 0 spiro atoms. The highest BCUT2D eigenvalue weighted by Gasteiger charge is 2.29. The third-order valence-electron chi connectivity index (χ3n) is 3.34. The first kappa shape index (κ1) is 15.2. The number of carboxylic acids is 1. The van der Waals surface area contributed by atoms with Crippen molar-refractivity contribution in [2.24, 2.45) is 0 Å². The average Bonchev–Trinajstić information content (AvgIpc) is 2.68. The molecule has 1 atom stereocenters. The van der Waals surface area contributed by atoms with E-state index in [9.17, 15) is 14.7 Å². The van der Waals surface area contributed by atoms with Gasteiger partial charge in [0.25, 0.3) is 0 Å². The van der Waals surface area contributed by atoms with Crippen LogP contribution in [0.2, 0.25) is 0 Å². The van der Waals surface area contributed by atoms with Gasteiger partial charge in [0.15, 0.2) is 17.5 Å². The van der Waals surface area contributed by atoms with Crippen LogP contribution < -0.4 is 9.47 Å². The van der Waals surface area contributed by atoms with Crippen LogP contribution in [0.4, 0.5) is 0 Å². The Morgan fingerprint density at radius 1 is 1.29 bits per heavy atom. The highest BCUT2D eigenvalue weighted by molar-refractivity contribution is 5.78. The number of hydrogen-bond acceptors (Lipinski definition) is 4. The molecule has 114 valence electrons. The second-order valence-electron chi connectivity index (χ2n) is 5.14. The van der Waals surface area contributed by atoms with Gasteiger partial charge in [-0.05, 0) is 31.5 Å². The van der Waals surface area contributed by atoms with Crippen LogP contribution in [0.5, 0.6) is 11.5 Å². The van der Waals surface area contributed by atoms with E-state index in [0.29, 0.717) is 36.7 Å². The van der Waals surface area contributed by atoms with E-state index in [1.165, 1.54) is 4.90 Å². The lowest BCUT2D eigenvalue weighted by Gasteiger charge is -2.29. The normalized spacial score (nSPS) is 15.2. The molecule has 0 saturated carbocycles. The molecule has 0 saturated heterocycles. The molecule has 1 N–H and O–H groups in total. The van der Waals surface area contributed by atoms with E-state index in [-0.39, 0.29) is 6.04 Å². The maximum atomic E-state index is 11.6. The summed E-state index contributed by atoms with van der Waals surface area (Å²) in [4.78, 5) is 24.0. The van der Waals surface area contributed by atoms with E-state index < -0.39 is 12.0 Å². The Hall–Kier alpha value is -2.24. The number of nitrogens with zero attached hydrogens (tertiary/aromatic N) is 1. The Balaban J connectivity index is 2.39. The molecule has 0 bridgehead atoms. The Labute approximate surface area is 123 Å². The van der Waals surface area contributed by atoms with Gasteiger partial charge < -0.3 is 19.5 Å². The molecule has 21 heavy (non-hydrogen) atoms. The van der Waals surface area contributed by atoms with Crippen molar-refractivity contribution in [2.75, 3.05) is 13.2 Å². The predicted octanol–water partition coefficient (Wildman–Crippen LogP) is 1.84. The summed E-state index contributed by atoms with van der Waals surface area (Å²) >= 11 is 0. The summed E-state index contributed by atoms with van der Waals surface area (Å²) in [6.45, 7) is 4.64. The molecule has 6 heteroatoms. The molecule has 0 aromatic heterocycles. The summed E-state index contributed by atoms with van der Waals surface area (Å²) in [7, 11) is 0. The van der Waals surface area contributed by atoms with Crippen molar-refractivity contribution in [1.29, 1.82) is 0 Å². The molecule has 1 aliphatic rings. The van der Waals surface area contributed by atoms with Crippen LogP contribution in [-0.2, 0) is 9.59 Å². The second kappa shape index (κ2) is 6.47. The molecule has 0 fully saturated rings. The zero-order valence-electron chi connectivity index (χ0n) is 12.1. The monoisotopic (exact) mass is 293 g/mol. The van der Waals surface area contributed by atoms with Gasteiger partial charge in [0, 0.05) is 12.5 Å². The van der Waals surface area contributed by atoms with E-state index in [4.69, 9.17) is 9.47 Å². The van der Waals surface area contributed by atoms with Crippen molar-refractivity contribution in [1.82, 2.24) is 4.90 Å². The maximum Gasteiger partial charge on any atom is 0.331 e. The zero-order chi connectivity index (χ0) is 15.4. The van der Waals surface area contributed by atoms with Crippen LogP contribution in [-0.4, -0.2) is 41.6 Å². The predicted molar refractivity (Wildman–Crippen MR) is 75.5 cm³/mol. The Kier molecular flexibility index (Phi) is 4.67. The van der Waals surface area contributed by atoms with Crippen molar-refractivity contribution in [3.05, 3.63) is 23.8 Å². The van der Waals surface area contributed by atoms with Gasteiger partial charge in [-0.2, -0.15) is 0 Å². The van der Waals surface area contributed by atoms with Gasteiger partial charge in [-0.3, -0.25) is 4.79 Å². The molecule has 0 radical (unpaired) electrons. The first-order valence-electron chi connectivity index (χ1n) is 6.89. The summed E-state index contributed by atoms with van der Waals surface area (Å²) < 4.78 is 11.1. The van der Waals surface area contributed by atoms with E-state index >= 15 is 0 Å². The summed E-state index contributed by atoms with van der Waals surface area (Å²) in [5.41, 5.74) is 0.493. The van der Waals surface area contributed by atoms with Crippen molar-refractivity contribution in [3.8, 4) is 11.5 Å². The molecule has 1 amide bonds. The number of fused-ring (bicyclic) bond motifs is 1. The number of aliphatic carboxylic acids is 1. The number of benzene rings is 1. The Bertz CT molecular complexity index is 529. The molecule has 1 aromatic rings. The Morgan fingerprint density at radius 2 is 1.95 bits per heavy atom. The number of carbonyl (C=O) groups excluding carboxylic acids is 1. The molecule has 6 nitrogen and oxygen atoms in total. The number of carbonyl (C=O) groups is 2. The highest BCUT2D eigenvalue weighted by Crippen LogP contribution is 2.34. The lowest BCUT2D eigenvalue weighted by molar-refractivity contribution is -0.148. The lowest BCUT2D eigenvalue weighted by Crippen LogP contribution is -2.38. The van der Waals surface area contributed by atoms with Gasteiger partial charge in [0.05, 0.1) is 13.2 Å². The van der Waals surface area contributed by atoms with Crippen molar-refractivity contribution < 1.29 is 24.2 Å². The number of carboxylic acid groups (broad SMARTS) is 1. The third-order valence-corrected chi connectivity index (χ3v) is 3.34. The SMILES string of the molecule is CC(C)N(C=O)C(C(=O)O)c1ccc2c(c1)OCCCO2. The minimum atomic E-state index is -1.08. The molecule has 2 rings (SSSR count). The first-order valence-corrected chi connectivity index (χ1v) is 6.89. The smallest absolute Gasteiger partial charge is 0.331 e. The van der Waals surface area contributed by atoms with Crippen LogP contribution in [0.3, 0.4) is 0 Å². The Morgan fingerprint density at radius 3 is 2.52 bits per heavy atom. The van der Waals surface area contributed by atoms with Crippen LogP contribution in [0.1, 0.15) is 31.9 Å². The van der Waals surface area contributed by atoms with E-state index in [1.54, 1.807) is 32.0 Å². The van der Waals surface area contributed by atoms with Crippen molar-refractivity contribution in [3.63, 3.8) is 0 Å². The maximum absolute atomic E-state index is 11.6. The second-order valence-corrected chi connectivity index (χ2v) is 5.14. The van der Waals surface area contributed by atoms with Gasteiger partial charge in [0.1, 0.15) is 0 Å². The van der Waals surface area contributed by atoms with Crippen LogP contribution >= 0.6 is 0 Å². The summed E-state index contributed by atoms with van der Waals surface area (Å²) in [6.07, 6.45) is 1.34. The molecule has 0 aliphatic carbocycles. The van der Waals surface area contributed by atoms with Gasteiger partial charge in [0.2, 0.25) is 6.41 Å². The van der Waals surface area contributed by atoms with Gasteiger partial charge in [-0.15, -0.1) is 0 Å². The van der Waals surface area contributed by atoms with Crippen LogP contribution in [0.25, 0.3) is 0 Å². The number of hydrogen-bond donors (Lipinski definition) is 1. The molecule has 1 aromatic carbocycles. The number of amides is 1. The fourth-order valence-electron chi connectivity index (χ4n) is 2.27. The molecular weight excluding hydrogens is 274 g/mol. The molecule has 1 aliphatic heterocycles. The summed E-state index contributed by atoms with van der Waals surface area (Å²) in [5.74, 6) is 0.0405. The lowest BCUT2D eigenvalue weighted by atomic mass is 10.0. The summed E-state index contributed by atoms with van der Waals surface area (Å²) in [6, 6.07) is 3.72. The number of rotatable bonds is 5. The highest BCUT2D eigenvalue weighted by atomic mass is 16.5. The van der Waals surface area contributed by atoms with E-state index in [0.717, 1.165) is 6.42 Å². The summed E-state index contributed by atoms with van der Waals surface area (Å²) in [5, 5.41) is 9.46. The van der Waals surface area contributed by atoms with Gasteiger partial charge >= 0.3 is 5.97 Å². The minimum absolute atomic E-state index is 0.223. The fraction of sp³-hybridized carbons (Fsp3) is 0.467. The topological polar surface area (TPSA) is 76.1 Å². The minimum Gasteiger partial charge on any atom is -0.490 e. The van der Waals surface area contributed by atoms with E-state index in [2.05, 4.69) is 0 Å². The third kappa shape index (κ3) is 3.26. The first-order chi connectivity index (χ1) is 10.0. The van der Waals surface area contributed by atoms with E-state index in [1.807, 2.05) is 0 Å². The van der Waals surface area contributed by atoms with Crippen LogP contribution in [0.15, 0.2) is 18.2 Å². The zero-order valence-corrected chi connectivity index (χ0v) is 12.1. The fourth-order valence-corrected chi connectivity index (χ4v) is 2.27. The number of ether oxygens (including phenoxy) is 2. The quantitative estimate of drug-likeness (QED) is 0.838. The molecular formula is C15H19NO5. The standard InChI is InChI=1S/C15H19NO5/c1-10(2)16(9-17)14(15(18)19)11-4-5-12-13(8-11)21-7-3-6-20-12/h4-5,8-10,14H,3,6-7H2,1-2H3,(H,18,19). The molecule has 1 unspecified atom stereocenters. The van der Waals surface area contributed by atoms with Crippen molar-refractivity contribution in [2.45, 2.75) is 32.4 Å². The van der Waals surface area contributed by atoms with Gasteiger partial charge in [-0.1, -0.05) is 6.07 Å².